The molecule has 0 bridgehead atoms. The van der Waals surface area contributed by atoms with E-state index >= 15 is 0 Å². The molecule has 1 aromatic rings. The van der Waals surface area contributed by atoms with Crippen molar-refractivity contribution in [2.75, 3.05) is 6.61 Å². The first-order valence-corrected chi connectivity index (χ1v) is 3.48. The summed E-state index contributed by atoms with van der Waals surface area (Å²) in [5.74, 6) is -0.312. The van der Waals surface area contributed by atoms with Crippen LogP contribution >= 0.6 is 0 Å². The molecule has 0 saturated heterocycles. The number of benzene rings is 1. The minimum Gasteiger partial charge on any atom is -0.462 e. The zero-order chi connectivity index (χ0) is 8.10. The van der Waals surface area contributed by atoms with Crippen molar-refractivity contribution in [2.45, 2.75) is 6.92 Å². The van der Waals surface area contributed by atoms with E-state index in [0.717, 1.165) is 0 Å². The van der Waals surface area contributed by atoms with Crippen LogP contribution in [0.5, 0.6) is 0 Å². The maximum Gasteiger partial charge on any atom is 0.338 e. The van der Waals surface area contributed by atoms with E-state index in [1.165, 1.54) is 0 Å². The lowest BCUT2D eigenvalue weighted by atomic mass is 10.2. The van der Waals surface area contributed by atoms with Crippen molar-refractivity contribution in [3.63, 3.8) is 0 Å². The Morgan fingerprint density at radius 1 is 1.64 bits per heavy atom. The first kappa shape index (κ1) is 7.79. The SMILES string of the molecule is CCOC(=O)c1[c]cccc1. The van der Waals surface area contributed by atoms with E-state index in [1.54, 1.807) is 25.1 Å². The van der Waals surface area contributed by atoms with Gasteiger partial charge in [0, 0.05) is 0 Å². The molecule has 1 rings (SSSR count). The minimum atomic E-state index is -0.312. The Kier molecular flexibility index (Phi) is 2.66. The summed E-state index contributed by atoms with van der Waals surface area (Å²) in [6, 6.07) is 9.73. The number of ether oxygens (including phenoxy) is 1. The van der Waals surface area contributed by atoms with E-state index < -0.39 is 0 Å². The van der Waals surface area contributed by atoms with Gasteiger partial charge >= 0.3 is 5.97 Å². The second kappa shape index (κ2) is 3.76. The Morgan fingerprint density at radius 3 is 3.00 bits per heavy atom. The molecule has 0 aliphatic carbocycles. The molecule has 1 aromatic carbocycles. The Bertz CT molecular complexity index is 229. The summed E-state index contributed by atoms with van der Waals surface area (Å²) < 4.78 is 4.76. The van der Waals surface area contributed by atoms with Crippen molar-refractivity contribution in [1.29, 1.82) is 0 Å². The minimum absolute atomic E-state index is 0.312. The summed E-state index contributed by atoms with van der Waals surface area (Å²) in [7, 11) is 0. The van der Waals surface area contributed by atoms with Crippen LogP contribution in [0.1, 0.15) is 17.3 Å². The Balaban J connectivity index is 2.69. The van der Waals surface area contributed by atoms with Gasteiger partial charge in [-0.2, -0.15) is 0 Å². The van der Waals surface area contributed by atoms with Crippen LogP contribution in [0.2, 0.25) is 0 Å². The van der Waals surface area contributed by atoms with E-state index in [0.29, 0.717) is 12.2 Å². The normalized spacial score (nSPS) is 9.18. The number of rotatable bonds is 2. The summed E-state index contributed by atoms with van der Waals surface area (Å²) in [5.41, 5.74) is 0.481. The quantitative estimate of drug-likeness (QED) is 0.598. The topological polar surface area (TPSA) is 26.3 Å². The molecule has 0 saturated carbocycles. The average molecular weight is 149 g/mol. The van der Waals surface area contributed by atoms with Gasteiger partial charge in [-0.3, -0.25) is 0 Å². The molecule has 0 aliphatic rings. The van der Waals surface area contributed by atoms with E-state index in [4.69, 9.17) is 4.74 Å². The summed E-state index contributed by atoms with van der Waals surface area (Å²) >= 11 is 0. The van der Waals surface area contributed by atoms with Crippen molar-refractivity contribution in [3.8, 4) is 0 Å². The molecule has 2 nitrogen and oxygen atoms in total. The first-order chi connectivity index (χ1) is 5.34. The molecular weight excluding hydrogens is 140 g/mol. The zero-order valence-electron chi connectivity index (χ0n) is 6.33. The second-order valence-electron chi connectivity index (χ2n) is 2.00. The van der Waals surface area contributed by atoms with Gasteiger partial charge in [0.1, 0.15) is 0 Å². The summed E-state index contributed by atoms with van der Waals surface area (Å²) in [6.07, 6.45) is 0. The molecule has 0 fully saturated rings. The van der Waals surface area contributed by atoms with Gasteiger partial charge in [-0.25, -0.2) is 4.79 Å². The maximum atomic E-state index is 11.0. The molecule has 0 aliphatic heterocycles. The fourth-order valence-corrected chi connectivity index (χ4v) is 0.729. The lowest BCUT2D eigenvalue weighted by Gasteiger charge is -1.98. The van der Waals surface area contributed by atoms with E-state index in [9.17, 15) is 4.79 Å². The van der Waals surface area contributed by atoms with Gasteiger partial charge < -0.3 is 4.74 Å². The molecule has 2 heteroatoms. The molecule has 57 valence electrons. The highest BCUT2D eigenvalue weighted by Gasteiger charge is 2.02. The highest BCUT2D eigenvalue weighted by Crippen LogP contribution is 1.99. The molecule has 0 N–H and O–H groups in total. The van der Waals surface area contributed by atoms with Crippen LogP contribution in [-0.2, 0) is 4.74 Å². The summed E-state index contributed by atoms with van der Waals surface area (Å²) in [6.45, 7) is 2.18. The number of hydrogen-bond acceptors (Lipinski definition) is 2. The molecular formula is C9H9O2. The van der Waals surface area contributed by atoms with Crippen LogP contribution in [0, 0.1) is 6.07 Å². The lowest BCUT2D eigenvalue weighted by Crippen LogP contribution is -2.03. The van der Waals surface area contributed by atoms with Gasteiger partial charge in [0.25, 0.3) is 0 Å². The van der Waals surface area contributed by atoms with Gasteiger partial charge in [0.2, 0.25) is 0 Å². The van der Waals surface area contributed by atoms with Crippen molar-refractivity contribution < 1.29 is 9.53 Å². The van der Waals surface area contributed by atoms with E-state index in [2.05, 4.69) is 6.07 Å². The summed E-state index contributed by atoms with van der Waals surface area (Å²) in [4.78, 5) is 11.0. The number of esters is 1. The molecule has 0 spiro atoms. The van der Waals surface area contributed by atoms with Crippen molar-refractivity contribution in [3.05, 3.63) is 35.9 Å². The Labute approximate surface area is 65.8 Å². The molecule has 1 radical (unpaired) electrons. The molecule has 11 heavy (non-hydrogen) atoms. The van der Waals surface area contributed by atoms with Crippen molar-refractivity contribution in [2.24, 2.45) is 0 Å². The standard InChI is InChI=1S/C9H9O2/c1-2-11-9(10)8-6-4-3-5-7-8/h3-6H,2H2,1H3. The highest BCUT2D eigenvalue weighted by atomic mass is 16.5. The Hall–Kier alpha value is -1.31. The van der Waals surface area contributed by atoms with Crippen molar-refractivity contribution >= 4 is 5.97 Å². The highest BCUT2D eigenvalue weighted by molar-refractivity contribution is 5.88. The van der Waals surface area contributed by atoms with Gasteiger partial charge in [-0.1, -0.05) is 18.2 Å². The van der Waals surface area contributed by atoms with Gasteiger partial charge in [0.15, 0.2) is 0 Å². The fourth-order valence-electron chi connectivity index (χ4n) is 0.729. The molecule has 0 unspecified atom stereocenters. The fraction of sp³-hybridized carbons (Fsp3) is 0.222. The Morgan fingerprint density at radius 2 is 2.45 bits per heavy atom. The zero-order valence-corrected chi connectivity index (χ0v) is 6.33. The lowest BCUT2D eigenvalue weighted by molar-refractivity contribution is 0.0526. The van der Waals surface area contributed by atoms with Crippen LogP contribution < -0.4 is 0 Å². The third-order valence-corrected chi connectivity index (χ3v) is 1.20. The van der Waals surface area contributed by atoms with Crippen LogP contribution in [0.25, 0.3) is 0 Å². The predicted molar refractivity (Wildman–Crippen MR) is 41.2 cm³/mol. The summed E-state index contributed by atoms with van der Waals surface area (Å²) in [5, 5.41) is 0. The number of carbonyl (C=O) groups is 1. The number of carbonyl (C=O) groups excluding carboxylic acids is 1. The van der Waals surface area contributed by atoms with Crippen LogP contribution in [0.15, 0.2) is 24.3 Å². The predicted octanol–water partition coefficient (Wildman–Crippen LogP) is 1.66. The van der Waals surface area contributed by atoms with E-state index in [-0.39, 0.29) is 5.97 Å². The maximum absolute atomic E-state index is 11.0. The van der Waals surface area contributed by atoms with Crippen LogP contribution in [-0.4, -0.2) is 12.6 Å². The third-order valence-electron chi connectivity index (χ3n) is 1.20. The molecule has 0 atom stereocenters. The smallest absolute Gasteiger partial charge is 0.338 e. The van der Waals surface area contributed by atoms with Gasteiger partial charge in [0.05, 0.1) is 12.2 Å². The molecule has 0 aromatic heterocycles. The number of hydrogen-bond donors (Lipinski definition) is 0. The van der Waals surface area contributed by atoms with Gasteiger partial charge in [-0.15, -0.1) is 0 Å². The molecule has 0 heterocycles. The van der Waals surface area contributed by atoms with Crippen LogP contribution in [0.4, 0.5) is 0 Å². The third kappa shape index (κ3) is 2.08. The second-order valence-corrected chi connectivity index (χ2v) is 2.00. The van der Waals surface area contributed by atoms with E-state index in [1.807, 2.05) is 6.07 Å². The van der Waals surface area contributed by atoms with Crippen molar-refractivity contribution in [1.82, 2.24) is 0 Å². The largest absolute Gasteiger partial charge is 0.462 e. The van der Waals surface area contributed by atoms with Crippen LogP contribution in [0.3, 0.4) is 0 Å². The first-order valence-electron chi connectivity index (χ1n) is 3.48. The average Bonchev–Trinajstić information content (AvgIpc) is 2.07. The monoisotopic (exact) mass is 149 g/mol. The van der Waals surface area contributed by atoms with Gasteiger partial charge in [-0.05, 0) is 19.1 Å². The molecule has 0 amide bonds.